The topological polar surface area (TPSA) is 32.5 Å². The van der Waals surface area contributed by atoms with E-state index in [9.17, 15) is 0 Å². The zero-order valence-corrected chi connectivity index (χ0v) is 12.6. The molecular weight excluding hydrogens is 246 g/mol. The summed E-state index contributed by atoms with van der Waals surface area (Å²) in [7, 11) is 0. The molecule has 0 aliphatic carbocycles. The third-order valence-electron chi connectivity index (χ3n) is 4.87. The molecule has 2 fully saturated rings. The lowest BCUT2D eigenvalue weighted by atomic mass is 9.98. The maximum absolute atomic E-state index is 5.65. The zero-order chi connectivity index (χ0) is 13.9. The minimum absolute atomic E-state index is 0.736. The number of anilines is 1. The Morgan fingerprint density at radius 2 is 2.10 bits per heavy atom. The molecule has 1 aromatic carbocycles. The molecule has 3 rings (SSSR count). The van der Waals surface area contributed by atoms with Crippen LogP contribution in [0.4, 0.5) is 5.69 Å². The predicted molar refractivity (Wildman–Crippen MR) is 85.4 cm³/mol. The standard InChI is InChI=1S/C17H27N3/c1-14-12-15(7-8-18)5-6-17(14)20-11-10-19-9-3-2-4-16(19)13-20/h5-6,12,16H,2-4,7-11,13,18H2,1H3. The summed E-state index contributed by atoms with van der Waals surface area (Å²) in [4.78, 5) is 5.28. The van der Waals surface area contributed by atoms with Gasteiger partial charge in [-0.1, -0.05) is 18.6 Å². The fraction of sp³-hybridized carbons (Fsp3) is 0.647. The number of fused-ring (bicyclic) bond motifs is 1. The Labute approximate surface area is 122 Å². The van der Waals surface area contributed by atoms with Crippen LogP contribution in [-0.4, -0.2) is 43.7 Å². The molecule has 0 bridgehead atoms. The number of hydrogen-bond donors (Lipinski definition) is 1. The fourth-order valence-electron chi connectivity index (χ4n) is 3.77. The molecule has 2 heterocycles. The van der Waals surface area contributed by atoms with Gasteiger partial charge >= 0.3 is 0 Å². The van der Waals surface area contributed by atoms with Crippen molar-refractivity contribution < 1.29 is 0 Å². The van der Waals surface area contributed by atoms with E-state index in [0.29, 0.717) is 0 Å². The van der Waals surface area contributed by atoms with E-state index in [0.717, 1.165) is 19.0 Å². The second-order valence-electron chi connectivity index (χ2n) is 6.29. The third kappa shape index (κ3) is 2.84. The maximum Gasteiger partial charge on any atom is 0.0397 e. The first-order valence-electron chi connectivity index (χ1n) is 8.06. The molecule has 110 valence electrons. The van der Waals surface area contributed by atoms with Gasteiger partial charge in [-0.15, -0.1) is 0 Å². The molecule has 3 heteroatoms. The first kappa shape index (κ1) is 13.9. The Morgan fingerprint density at radius 1 is 1.20 bits per heavy atom. The number of aryl methyl sites for hydroxylation is 1. The van der Waals surface area contributed by atoms with E-state index in [4.69, 9.17) is 5.73 Å². The zero-order valence-electron chi connectivity index (χ0n) is 12.6. The molecule has 1 unspecified atom stereocenters. The lowest BCUT2D eigenvalue weighted by Gasteiger charge is -2.45. The lowest BCUT2D eigenvalue weighted by Crippen LogP contribution is -2.55. The molecule has 0 amide bonds. The quantitative estimate of drug-likeness (QED) is 0.916. The van der Waals surface area contributed by atoms with Crippen LogP contribution in [0.25, 0.3) is 0 Å². The molecule has 2 aliphatic rings. The smallest absolute Gasteiger partial charge is 0.0397 e. The number of piperazine rings is 1. The summed E-state index contributed by atoms with van der Waals surface area (Å²) in [5.41, 5.74) is 9.84. The largest absolute Gasteiger partial charge is 0.368 e. The van der Waals surface area contributed by atoms with Gasteiger partial charge in [-0.3, -0.25) is 4.90 Å². The van der Waals surface area contributed by atoms with Crippen molar-refractivity contribution in [3.8, 4) is 0 Å². The molecular formula is C17H27N3. The Balaban J connectivity index is 1.72. The van der Waals surface area contributed by atoms with Crippen molar-refractivity contribution in [3.63, 3.8) is 0 Å². The van der Waals surface area contributed by atoms with Crippen molar-refractivity contribution in [1.29, 1.82) is 0 Å². The first-order valence-corrected chi connectivity index (χ1v) is 8.06. The molecule has 1 atom stereocenters. The normalized spacial score (nSPS) is 23.7. The van der Waals surface area contributed by atoms with Crippen LogP contribution < -0.4 is 10.6 Å². The SMILES string of the molecule is Cc1cc(CCN)ccc1N1CCN2CCCCC2C1. The van der Waals surface area contributed by atoms with Crippen molar-refractivity contribution in [2.45, 2.75) is 38.6 Å². The molecule has 3 nitrogen and oxygen atoms in total. The lowest BCUT2D eigenvalue weighted by molar-refractivity contribution is 0.133. The van der Waals surface area contributed by atoms with E-state index in [2.05, 4.69) is 34.9 Å². The second kappa shape index (κ2) is 6.15. The van der Waals surface area contributed by atoms with Gasteiger partial charge in [0.25, 0.3) is 0 Å². The first-order chi connectivity index (χ1) is 9.78. The van der Waals surface area contributed by atoms with Gasteiger partial charge in [0.15, 0.2) is 0 Å². The van der Waals surface area contributed by atoms with Crippen LogP contribution in [0.15, 0.2) is 18.2 Å². The summed E-state index contributed by atoms with van der Waals surface area (Å²) >= 11 is 0. The van der Waals surface area contributed by atoms with Gasteiger partial charge in [-0.25, -0.2) is 0 Å². The van der Waals surface area contributed by atoms with Crippen molar-refractivity contribution in [2.24, 2.45) is 5.73 Å². The van der Waals surface area contributed by atoms with E-state index in [1.807, 2.05) is 0 Å². The Hall–Kier alpha value is -1.06. The van der Waals surface area contributed by atoms with Crippen LogP contribution in [0.3, 0.4) is 0 Å². The van der Waals surface area contributed by atoms with Gasteiger partial charge in [0.05, 0.1) is 0 Å². The van der Waals surface area contributed by atoms with Crippen LogP contribution in [0.5, 0.6) is 0 Å². The highest BCUT2D eigenvalue weighted by molar-refractivity contribution is 5.55. The molecule has 2 saturated heterocycles. The Kier molecular flexibility index (Phi) is 4.27. The van der Waals surface area contributed by atoms with E-state index in [-0.39, 0.29) is 0 Å². The average Bonchev–Trinajstić information content (AvgIpc) is 2.47. The average molecular weight is 273 g/mol. The van der Waals surface area contributed by atoms with Gasteiger partial charge in [0, 0.05) is 31.4 Å². The molecule has 0 spiro atoms. The van der Waals surface area contributed by atoms with E-state index >= 15 is 0 Å². The highest BCUT2D eigenvalue weighted by Gasteiger charge is 2.29. The summed E-state index contributed by atoms with van der Waals surface area (Å²) in [5, 5.41) is 0. The number of nitrogens with zero attached hydrogens (tertiary/aromatic N) is 2. The monoisotopic (exact) mass is 273 g/mol. The molecule has 0 radical (unpaired) electrons. The number of piperidine rings is 1. The highest BCUT2D eigenvalue weighted by Crippen LogP contribution is 2.27. The number of nitrogens with two attached hydrogens (primary N) is 1. The second-order valence-corrected chi connectivity index (χ2v) is 6.29. The molecule has 0 saturated carbocycles. The Bertz CT molecular complexity index is 458. The van der Waals surface area contributed by atoms with E-state index in [1.54, 1.807) is 0 Å². The van der Waals surface area contributed by atoms with Crippen LogP contribution >= 0.6 is 0 Å². The number of benzene rings is 1. The third-order valence-corrected chi connectivity index (χ3v) is 4.87. The summed E-state index contributed by atoms with van der Waals surface area (Å²) in [5.74, 6) is 0. The van der Waals surface area contributed by atoms with Crippen LogP contribution in [0.2, 0.25) is 0 Å². The highest BCUT2D eigenvalue weighted by atomic mass is 15.3. The summed E-state index contributed by atoms with van der Waals surface area (Å²) in [6.45, 7) is 7.90. The van der Waals surface area contributed by atoms with Crippen LogP contribution in [0.1, 0.15) is 30.4 Å². The van der Waals surface area contributed by atoms with Crippen molar-refractivity contribution >= 4 is 5.69 Å². The predicted octanol–water partition coefficient (Wildman–Crippen LogP) is 2.17. The summed E-state index contributed by atoms with van der Waals surface area (Å²) < 4.78 is 0. The minimum Gasteiger partial charge on any atom is -0.368 e. The number of hydrogen-bond acceptors (Lipinski definition) is 3. The van der Waals surface area contributed by atoms with Gasteiger partial charge < -0.3 is 10.6 Å². The molecule has 20 heavy (non-hydrogen) atoms. The van der Waals surface area contributed by atoms with Crippen molar-refractivity contribution in [1.82, 2.24) is 4.90 Å². The van der Waals surface area contributed by atoms with E-state index < -0.39 is 0 Å². The number of rotatable bonds is 3. The molecule has 0 aromatic heterocycles. The summed E-state index contributed by atoms with van der Waals surface area (Å²) in [6.07, 6.45) is 5.16. The molecule has 2 N–H and O–H groups in total. The Morgan fingerprint density at radius 3 is 2.90 bits per heavy atom. The van der Waals surface area contributed by atoms with Crippen molar-refractivity contribution in [3.05, 3.63) is 29.3 Å². The van der Waals surface area contributed by atoms with Gasteiger partial charge in [-0.05, 0) is 56.5 Å². The van der Waals surface area contributed by atoms with E-state index in [1.165, 1.54) is 62.3 Å². The molecule has 1 aromatic rings. The molecule has 2 aliphatic heterocycles. The minimum atomic E-state index is 0.736. The van der Waals surface area contributed by atoms with Crippen LogP contribution in [0, 0.1) is 6.92 Å². The fourth-order valence-corrected chi connectivity index (χ4v) is 3.77. The van der Waals surface area contributed by atoms with Crippen molar-refractivity contribution in [2.75, 3.05) is 37.6 Å². The van der Waals surface area contributed by atoms with Gasteiger partial charge in [0.2, 0.25) is 0 Å². The van der Waals surface area contributed by atoms with Gasteiger partial charge in [0.1, 0.15) is 0 Å². The van der Waals surface area contributed by atoms with Crippen LogP contribution in [-0.2, 0) is 6.42 Å². The summed E-state index contributed by atoms with van der Waals surface area (Å²) in [6, 6.07) is 7.65. The maximum atomic E-state index is 5.65. The van der Waals surface area contributed by atoms with Gasteiger partial charge in [-0.2, -0.15) is 0 Å².